The SMILES string of the molecule is COCCC(CCl)NCc1nccc(OC)c1OC. The van der Waals surface area contributed by atoms with Crippen molar-refractivity contribution in [3.8, 4) is 11.5 Å². The Kier molecular flexibility index (Phi) is 7.55. The van der Waals surface area contributed by atoms with Crippen molar-refractivity contribution in [1.82, 2.24) is 10.3 Å². The maximum Gasteiger partial charge on any atom is 0.183 e. The third kappa shape index (κ3) is 4.86. The van der Waals surface area contributed by atoms with Gasteiger partial charge in [-0.2, -0.15) is 0 Å². The molecule has 0 fully saturated rings. The molecule has 0 saturated heterocycles. The van der Waals surface area contributed by atoms with E-state index >= 15 is 0 Å². The predicted molar refractivity (Wildman–Crippen MR) is 75.2 cm³/mol. The summed E-state index contributed by atoms with van der Waals surface area (Å²) in [5, 5.41) is 3.34. The van der Waals surface area contributed by atoms with Gasteiger partial charge in [0.1, 0.15) is 0 Å². The lowest BCUT2D eigenvalue weighted by Crippen LogP contribution is -2.31. The largest absolute Gasteiger partial charge is 0.493 e. The van der Waals surface area contributed by atoms with Crippen LogP contribution in [0.3, 0.4) is 0 Å². The molecule has 19 heavy (non-hydrogen) atoms. The summed E-state index contributed by atoms with van der Waals surface area (Å²) < 4.78 is 15.6. The highest BCUT2D eigenvalue weighted by Crippen LogP contribution is 2.28. The standard InChI is InChI=1S/C13H21ClN2O3/c1-17-7-5-10(8-14)16-9-11-13(19-3)12(18-2)4-6-15-11/h4,6,10,16H,5,7-9H2,1-3H3. The molecule has 0 aliphatic rings. The van der Waals surface area contributed by atoms with Gasteiger partial charge in [-0.15, -0.1) is 11.6 Å². The zero-order valence-corrected chi connectivity index (χ0v) is 12.4. The molecule has 1 unspecified atom stereocenters. The molecule has 0 saturated carbocycles. The lowest BCUT2D eigenvalue weighted by molar-refractivity contribution is 0.185. The summed E-state index contributed by atoms with van der Waals surface area (Å²) in [6, 6.07) is 1.95. The second kappa shape index (κ2) is 8.96. The molecule has 0 aromatic carbocycles. The molecule has 1 rings (SSSR count). The second-order valence-corrected chi connectivity index (χ2v) is 4.32. The maximum absolute atomic E-state index is 5.91. The van der Waals surface area contributed by atoms with Gasteiger partial charge in [0.2, 0.25) is 0 Å². The number of aromatic nitrogens is 1. The minimum atomic E-state index is 0.180. The lowest BCUT2D eigenvalue weighted by Gasteiger charge is -2.17. The van der Waals surface area contributed by atoms with E-state index in [2.05, 4.69) is 10.3 Å². The van der Waals surface area contributed by atoms with Gasteiger partial charge < -0.3 is 19.5 Å². The van der Waals surface area contributed by atoms with E-state index in [1.165, 1.54) is 0 Å². The van der Waals surface area contributed by atoms with Crippen LogP contribution in [0.15, 0.2) is 12.3 Å². The summed E-state index contributed by atoms with van der Waals surface area (Å²) in [4.78, 5) is 4.30. The fourth-order valence-corrected chi connectivity index (χ4v) is 1.97. The first kappa shape index (κ1) is 16.0. The topological polar surface area (TPSA) is 52.6 Å². The van der Waals surface area contributed by atoms with E-state index in [9.17, 15) is 0 Å². The van der Waals surface area contributed by atoms with Gasteiger partial charge >= 0.3 is 0 Å². The van der Waals surface area contributed by atoms with Gasteiger partial charge in [-0.1, -0.05) is 0 Å². The molecule has 0 radical (unpaired) electrons. The minimum absolute atomic E-state index is 0.180. The van der Waals surface area contributed by atoms with Crippen LogP contribution in [0.25, 0.3) is 0 Å². The summed E-state index contributed by atoms with van der Waals surface area (Å²) in [5.74, 6) is 1.85. The fourth-order valence-electron chi connectivity index (χ4n) is 1.71. The first-order chi connectivity index (χ1) is 9.26. The number of pyridine rings is 1. The number of halogens is 1. The molecular formula is C13H21ClN2O3. The van der Waals surface area contributed by atoms with Gasteiger partial charge in [0.05, 0.1) is 19.9 Å². The molecule has 1 heterocycles. The van der Waals surface area contributed by atoms with Crippen molar-refractivity contribution in [1.29, 1.82) is 0 Å². The molecule has 1 atom stereocenters. The van der Waals surface area contributed by atoms with Crippen LogP contribution in [-0.4, -0.2) is 44.8 Å². The molecule has 0 bridgehead atoms. The van der Waals surface area contributed by atoms with Gasteiger partial charge in [0.15, 0.2) is 11.5 Å². The second-order valence-electron chi connectivity index (χ2n) is 4.01. The van der Waals surface area contributed by atoms with Crippen molar-refractivity contribution >= 4 is 11.6 Å². The average molecular weight is 289 g/mol. The van der Waals surface area contributed by atoms with Crippen molar-refractivity contribution in [3.05, 3.63) is 18.0 Å². The molecule has 6 heteroatoms. The molecule has 1 aromatic rings. The van der Waals surface area contributed by atoms with Gasteiger partial charge in [-0.3, -0.25) is 4.98 Å². The first-order valence-corrected chi connectivity index (χ1v) is 6.64. The zero-order chi connectivity index (χ0) is 14.1. The minimum Gasteiger partial charge on any atom is -0.493 e. The number of hydrogen-bond donors (Lipinski definition) is 1. The van der Waals surface area contributed by atoms with Crippen molar-refractivity contribution in [2.45, 2.75) is 19.0 Å². The van der Waals surface area contributed by atoms with Gasteiger partial charge in [0, 0.05) is 44.4 Å². The third-order valence-electron chi connectivity index (χ3n) is 2.78. The number of methoxy groups -OCH3 is 3. The molecule has 0 amide bonds. The normalized spacial score (nSPS) is 12.2. The monoisotopic (exact) mass is 288 g/mol. The van der Waals surface area contributed by atoms with Gasteiger partial charge in [-0.25, -0.2) is 0 Å². The molecule has 5 nitrogen and oxygen atoms in total. The van der Waals surface area contributed by atoms with E-state index < -0.39 is 0 Å². The van der Waals surface area contributed by atoms with Crippen molar-refractivity contribution < 1.29 is 14.2 Å². The molecule has 0 aliphatic carbocycles. The van der Waals surface area contributed by atoms with E-state index in [0.717, 1.165) is 12.1 Å². The lowest BCUT2D eigenvalue weighted by atomic mass is 10.2. The van der Waals surface area contributed by atoms with E-state index in [1.807, 2.05) is 0 Å². The Balaban J connectivity index is 2.65. The van der Waals surface area contributed by atoms with Crippen LogP contribution in [0.1, 0.15) is 12.1 Å². The average Bonchev–Trinajstić information content (AvgIpc) is 2.46. The van der Waals surface area contributed by atoms with Crippen LogP contribution in [0.4, 0.5) is 0 Å². The Morgan fingerprint density at radius 1 is 1.32 bits per heavy atom. The number of nitrogens with one attached hydrogen (secondary N) is 1. The maximum atomic E-state index is 5.91. The summed E-state index contributed by atoms with van der Waals surface area (Å²) >= 11 is 5.91. The van der Waals surface area contributed by atoms with Crippen LogP contribution in [0.5, 0.6) is 11.5 Å². The Hall–Kier alpha value is -1.04. The summed E-state index contributed by atoms with van der Waals surface area (Å²) in [7, 11) is 4.89. The van der Waals surface area contributed by atoms with Gasteiger partial charge in [0.25, 0.3) is 0 Å². The Bertz CT molecular complexity index is 377. The van der Waals surface area contributed by atoms with Crippen molar-refractivity contribution in [2.24, 2.45) is 0 Å². The first-order valence-electron chi connectivity index (χ1n) is 6.11. The number of hydrogen-bond acceptors (Lipinski definition) is 5. The smallest absolute Gasteiger partial charge is 0.183 e. The van der Waals surface area contributed by atoms with Crippen LogP contribution in [0.2, 0.25) is 0 Å². The highest BCUT2D eigenvalue weighted by Gasteiger charge is 2.13. The van der Waals surface area contributed by atoms with Gasteiger partial charge in [-0.05, 0) is 6.42 Å². The summed E-state index contributed by atoms with van der Waals surface area (Å²) in [6.45, 7) is 1.24. The number of rotatable bonds is 9. The predicted octanol–water partition coefficient (Wildman–Crippen LogP) is 1.83. The van der Waals surface area contributed by atoms with Crippen LogP contribution < -0.4 is 14.8 Å². The number of alkyl halides is 1. The summed E-state index contributed by atoms with van der Waals surface area (Å²) in [6.07, 6.45) is 2.55. The van der Waals surface area contributed by atoms with E-state index in [0.29, 0.717) is 30.5 Å². The van der Waals surface area contributed by atoms with E-state index in [4.69, 9.17) is 25.8 Å². The van der Waals surface area contributed by atoms with Crippen LogP contribution in [0, 0.1) is 0 Å². The zero-order valence-electron chi connectivity index (χ0n) is 11.6. The highest BCUT2D eigenvalue weighted by atomic mass is 35.5. The van der Waals surface area contributed by atoms with E-state index in [-0.39, 0.29) is 6.04 Å². The Labute approximate surface area is 119 Å². The molecule has 0 spiro atoms. The number of nitrogens with zero attached hydrogens (tertiary/aromatic N) is 1. The van der Waals surface area contributed by atoms with E-state index in [1.54, 1.807) is 33.6 Å². The molecule has 0 aliphatic heterocycles. The van der Waals surface area contributed by atoms with Crippen LogP contribution >= 0.6 is 11.6 Å². The molecule has 1 aromatic heterocycles. The number of ether oxygens (including phenoxy) is 3. The highest BCUT2D eigenvalue weighted by molar-refractivity contribution is 6.18. The van der Waals surface area contributed by atoms with Crippen LogP contribution in [-0.2, 0) is 11.3 Å². The Morgan fingerprint density at radius 3 is 2.68 bits per heavy atom. The fraction of sp³-hybridized carbons (Fsp3) is 0.615. The Morgan fingerprint density at radius 2 is 2.11 bits per heavy atom. The molecule has 108 valence electrons. The third-order valence-corrected chi connectivity index (χ3v) is 3.15. The van der Waals surface area contributed by atoms with Crippen molar-refractivity contribution in [3.63, 3.8) is 0 Å². The molecular weight excluding hydrogens is 268 g/mol. The summed E-state index contributed by atoms with van der Waals surface area (Å²) in [5.41, 5.74) is 0.800. The quantitative estimate of drug-likeness (QED) is 0.703. The molecule has 1 N–H and O–H groups in total. The van der Waals surface area contributed by atoms with Crippen molar-refractivity contribution in [2.75, 3.05) is 33.8 Å².